The van der Waals surface area contributed by atoms with Crippen molar-refractivity contribution in [3.63, 3.8) is 0 Å². The SMILES string of the molecule is CC[C@H](C)[C@H](NC(=O)c1cc(Cl)cn1C)C(=O)O. The summed E-state index contributed by atoms with van der Waals surface area (Å²) >= 11 is 5.78. The molecule has 0 unspecified atom stereocenters. The predicted octanol–water partition coefficient (Wildman–Crippen LogP) is 1.91. The molecule has 0 aliphatic rings. The first-order valence-corrected chi connectivity index (χ1v) is 6.10. The molecule has 1 aromatic heterocycles. The number of carboxylic acids is 1. The van der Waals surface area contributed by atoms with Gasteiger partial charge in [0.25, 0.3) is 5.91 Å². The summed E-state index contributed by atoms with van der Waals surface area (Å²) in [7, 11) is 1.68. The molecule has 1 heterocycles. The van der Waals surface area contributed by atoms with Gasteiger partial charge in [0.05, 0.1) is 5.02 Å². The van der Waals surface area contributed by atoms with Crippen LogP contribution in [0.25, 0.3) is 0 Å². The first kappa shape index (κ1) is 14.6. The zero-order valence-electron chi connectivity index (χ0n) is 10.6. The fourth-order valence-corrected chi connectivity index (χ4v) is 1.90. The lowest BCUT2D eigenvalue weighted by atomic mass is 9.99. The molecule has 0 saturated carbocycles. The molecule has 0 aliphatic carbocycles. The Kier molecular flexibility index (Phi) is 4.78. The number of aliphatic carboxylic acids is 1. The normalized spacial score (nSPS) is 14.0. The third-order valence-corrected chi connectivity index (χ3v) is 3.18. The van der Waals surface area contributed by atoms with Crippen LogP contribution < -0.4 is 5.32 Å². The van der Waals surface area contributed by atoms with Crippen molar-refractivity contribution in [1.82, 2.24) is 9.88 Å². The van der Waals surface area contributed by atoms with Gasteiger partial charge in [-0.15, -0.1) is 0 Å². The molecule has 1 rings (SSSR count). The van der Waals surface area contributed by atoms with Crippen LogP contribution in [0.15, 0.2) is 12.3 Å². The van der Waals surface area contributed by atoms with Gasteiger partial charge in [-0.2, -0.15) is 0 Å². The summed E-state index contributed by atoms with van der Waals surface area (Å²) in [6.45, 7) is 3.67. The Morgan fingerprint density at radius 1 is 1.56 bits per heavy atom. The van der Waals surface area contributed by atoms with Crippen LogP contribution in [0, 0.1) is 5.92 Å². The molecule has 1 amide bonds. The lowest BCUT2D eigenvalue weighted by Gasteiger charge is -2.20. The molecule has 0 fully saturated rings. The summed E-state index contributed by atoms with van der Waals surface area (Å²) in [5.41, 5.74) is 0.342. The Balaban J connectivity index is 2.85. The Bertz CT molecular complexity index is 456. The molecule has 2 N–H and O–H groups in total. The van der Waals surface area contributed by atoms with Gasteiger partial charge in [0.2, 0.25) is 0 Å². The number of aryl methyl sites for hydroxylation is 1. The minimum atomic E-state index is -1.03. The third-order valence-electron chi connectivity index (χ3n) is 2.97. The first-order valence-electron chi connectivity index (χ1n) is 5.72. The van der Waals surface area contributed by atoms with E-state index < -0.39 is 17.9 Å². The lowest BCUT2D eigenvalue weighted by Crippen LogP contribution is -2.45. The van der Waals surface area contributed by atoms with E-state index in [1.165, 1.54) is 6.07 Å². The molecule has 6 heteroatoms. The number of carbonyl (C=O) groups is 2. The van der Waals surface area contributed by atoms with Crippen LogP contribution in [0.2, 0.25) is 5.02 Å². The highest BCUT2D eigenvalue weighted by molar-refractivity contribution is 6.31. The van der Waals surface area contributed by atoms with Gasteiger partial charge in [0.15, 0.2) is 0 Å². The molecular formula is C12H17ClN2O3. The average Bonchev–Trinajstić information content (AvgIpc) is 2.63. The van der Waals surface area contributed by atoms with Gasteiger partial charge in [-0.1, -0.05) is 31.9 Å². The third kappa shape index (κ3) is 3.26. The average molecular weight is 273 g/mol. The Morgan fingerprint density at radius 3 is 2.56 bits per heavy atom. The summed E-state index contributed by atoms with van der Waals surface area (Å²) in [4.78, 5) is 23.1. The van der Waals surface area contributed by atoms with Gasteiger partial charge in [-0.05, 0) is 12.0 Å². The van der Waals surface area contributed by atoms with Crippen LogP contribution in [-0.2, 0) is 11.8 Å². The molecule has 1 aromatic rings. The lowest BCUT2D eigenvalue weighted by molar-refractivity contribution is -0.140. The zero-order chi connectivity index (χ0) is 13.9. The standard InChI is InChI=1S/C12H17ClN2O3/c1-4-7(2)10(12(17)18)14-11(16)9-5-8(13)6-15(9)3/h5-7,10H,4H2,1-3H3,(H,14,16)(H,17,18)/t7-,10-/m0/s1. The summed E-state index contributed by atoms with van der Waals surface area (Å²) < 4.78 is 1.56. The molecule has 0 bridgehead atoms. The highest BCUT2D eigenvalue weighted by atomic mass is 35.5. The number of carboxylic acid groups (broad SMARTS) is 1. The Hall–Kier alpha value is -1.49. The monoisotopic (exact) mass is 272 g/mol. The van der Waals surface area contributed by atoms with Gasteiger partial charge in [0.1, 0.15) is 11.7 Å². The van der Waals surface area contributed by atoms with E-state index in [-0.39, 0.29) is 5.92 Å². The molecule has 2 atom stereocenters. The Morgan fingerprint density at radius 2 is 2.17 bits per heavy atom. The molecule has 0 aromatic carbocycles. The second-order valence-electron chi connectivity index (χ2n) is 4.33. The number of hydrogen-bond acceptors (Lipinski definition) is 2. The topological polar surface area (TPSA) is 71.3 Å². The van der Waals surface area contributed by atoms with E-state index in [0.29, 0.717) is 17.1 Å². The van der Waals surface area contributed by atoms with Crippen LogP contribution in [0.1, 0.15) is 30.8 Å². The van der Waals surface area contributed by atoms with E-state index in [9.17, 15) is 9.59 Å². The second-order valence-corrected chi connectivity index (χ2v) is 4.77. The Labute approximate surface area is 111 Å². The number of rotatable bonds is 5. The molecule has 0 radical (unpaired) electrons. The van der Waals surface area contributed by atoms with Crippen LogP contribution in [0.3, 0.4) is 0 Å². The van der Waals surface area contributed by atoms with Gasteiger partial charge in [-0.25, -0.2) is 4.79 Å². The maximum absolute atomic E-state index is 12.0. The summed E-state index contributed by atoms with van der Waals surface area (Å²) in [6, 6.07) is 0.614. The molecular weight excluding hydrogens is 256 g/mol. The predicted molar refractivity (Wildman–Crippen MR) is 68.8 cm³/mol. The maximum Gasteiger partial charge on any atom is 0.326 e. The minimum Gasteiger partial charge on any atom is -0.480 e. The highest BCUT2D eigenvalue weighted by Crippen LogP contribution is 2.14. The number of hydrogen-bond donors (Lipinski definition) is 2. The molecule has 0 saturated heterocycles. The van der Waals surface area contributed by atoms with E-state index in [1.54, 1.807) is 24.7 Å². The van der Waals surface area contributed by atoms with Crippen molar-refractivity contribution in [2.75, 3.05) is 0 Å². The number of nitrogens with one attached hydrogen (secondary N) is 1. The number of nitrogens with zero attached hydrogens (tertiary/aromatic N) is 1. The van der Waals surface area contributed by atoms with E-state index in [4.69, 9.17) is 16.7 Å². The van der Waals surface area contributed by atoms with E-state index >= 15 is 0 Å². The van der Waals surface area contributed by atoms with Crippen molar-refractivity contribution in [2.24, 2.45) is 13.0 Å². The molecule has 0 spiro atoms. The van der Waals surface area contributed by atoms with Gasteiger partial charge < -0.3 is 15.0 Å². The fraction of sp³-hybridized carbons (Fsp3) is 0.500. The second kappa shape index (κ2) is 5.91. The van der Waals surface area contributed by atoms with Gasteiger partial charge in [-0.3, -0.25) is 4.79 Å². The summed E-state index contributed by atoms with van der Waals surface area (Å²) in [6.07, 6.45) is 2.26. The van der Waals surface area contributed by atoms with Crippen molar-refractivity contribution in [1.29, 1.82) is 0 Å². The summed E-state index contributed by atoms with van der Waals surface area (Å²) in [5, 5.41) is 12.1. The number of halogens is 1. The van der Waals surface area contributed by atoms with Crippen molar-refractivity contribution >= 4 is 23.5 Å². The maximum atomic E-state index is 12.0. The van der Waals surface area contributed by atoms with Gasteiger partial charge >= 0.3 is 5.97 Å². The van der Waals surface area contributed by atoms with Crippen molar-refractivity contribution in [3.05, 3.63) is 23.0 Å². The number of amides is 1. The van der Waals surface area contributed by atoms with Crippen molar-refractivity contribution < 1.29 is 14.7 Å². The van der Waals surface area contributed by atoms with Crippen LogP contribution in [0.4, 0.5) is 0 Å². The van der Waals surface area contributed by atoms with E-state index in [0.717, 1.165) is 0 Å². The van der Waals surface area contributed by atoms with E-state index in [1.807, 2.05) is 6.92 Å². The largest absolute Gasteiger partial charge is 0.480 e. The van der Waals surface area contributed by atoms with Crippen LogP contribution in [-0.4, -0.2) is 27.6 Å². The van der Waals surface area contributed by atoms with Crippen LogP contribution in [0.5, 0.6) is 0 Å². The number of carbonyl (C=O) groups excluding carboxylic acids is 1. The highest BCUT2D eigenvalue weighted by Gasteiger charge is 2.26. The van der Waals surface area contributed by atoms with Gasteiger partial charge in [0, 0.05) is 13.2 Å². The molecule has 5 nitrogen and oxygen atoms in total. The first-order chi connectivity index (χ1) is 8.36. The van der Waals surface area contributed by atoms with Crippen LogP contribution >= 0.6 is 11.6 Å². The quantitative estimate of drug-likeness (QED) is 0.860. The molecule has 0 aliphatic heterocycles. The number of aromatic nitrogens is 1. The smallest absolute Gasteiger partial charge is 0.326 e. The minimum absolute atomic E-state index is 0.137. The molecule has 18 heavy (non-hydrogen) atoms. The summed E-state index contributed by atoms with van der Waals surface area (Å²) in [5.74, 6) is -1.60. The van der Waals surface area contributed by atoms with Crippen molar-refractivity contribution in [3.8, 4) is 0 Å². The van der Waals surface area contributed by atoms with E-state index in [2.05, 4.69) is 5.32 Å². The fourth-order valence-electron chi connectivity index (χ4n) is 1.65. The molecule has 100 valence electrons. The zero-order valence-corrected chi connectivity index (χ0v) is 11.4. The van der Waals surface area contributed by atoms with Crippen molar-refractivity contribution in [2.45, 2.75) is 26.3 Å².